The molecule has 0 fully saturated rings. The predicted octanol–water partition coefficient (Wildman–Crippen LogP) is 3.65. The molecular formula is C12H29N. The monoisotopic (exact) mass is 187 g/mol. The van der Waals surface area contributed by atoms with Gasteiger partial charge in [-0.1, -0.05) is 47.5 Å². The van der Waals surface area contributed by atoms with E-state index in [1.807, 2.05) is 13.8 Å². The van der Waals surface area contributed by atoms with E-state index in [-0.39, 0.29) is 0 Å². The lowest BCUT2D eigenvalue weighted by molar-refractivity contribution is 0.246. The maximum atomic E-state index is 2.36. The molecule has 1 nitrogen and oxygen atoms in total. The number of hydrogen-bond donors (Lipinski definition) is 0. The van der Waals surface area contributed by atoms with Crippen LogP contribution in [0.25, 0.3) is 0 Å². The molecule has 0 saturated carbocycles. The van der Waals surface area contributed by atoms with E-state index in [1.54, 1.807) is 0 Å². The molecule has 13 heavy (non-hydrogen) atoms. The van der Waals surface area contributed by atoms with Gasteiger partial charge in [-0.2, -0.15) is 0 Å². The molecule has 0 aliphatic carbocycles. The van der Waals surface area contributed by atoms with Gasteiger partial charge in [0.05, 0.1) is 0 Å². The molecule has 0 radical (unpaired) electrons. The lowest BCUT2D eigenvalue weighted by Crippen LogP contribution is -2.25. The van der Waals surface area contributed by atoms with Gasteiger partial charge in [-0.05, 0) is 25.9 Å². The third-order valence-electron chi connectivity index (χ3n) is 2.57. The smallest absolute Gasteiger partial charge is 0.000600 e. The molecule has 0 N–H and O–H groups in total. The van der Waals surface area contributed by atoms with Crippen molar-refractivity contribution in [1.82, 2.24) is 4.90 Å². The summed E-state index contributed by atoms with van der Waals surface area (Å²) in [7, 11) is 4.32. The molecule has 0 aliphatic heterocycles. The summed E-state index contributed by atoms with van der Waals surface area (Å²) in [5.41, 5.74) is 0. The van der Waals surface area contributed by atoms with Gasteiger partial charge in [-0.3, -0.25) is 0 Å². The molecule has 0 heterocycles. The molecule has 0 bridgehead atoms. The summed E-state index contributed by atoms with van der Waals surface area (Å²) in [5, 5.41) is 0. The molecule has 1 heteroatoms. The number of hydrogen-bond acceptors (Lipinski definition) is 1. The number of nitrogens with zero attached hydrogens (tertiary/aromatic N) is 1. The fourth-order valence-electron chi connectivity index (χ4n) is 1.51. The Morgan fingerprint density at radius 3 is 1.69 bits per heavy atom. The van der Waals surface area contributed by atoms with E-state index in [2.05, 4.69) is 39.8 Å². The van der Waals surface area contributed by atoms with Gasteiger partial charge >= 0.3 is 0 Å². The first-order valence-corrected chi connectivity index (χ1v) is 5.76. The van der Waals surface area contributed by atoms with Crippen molar-refractivity contribution in [2.45, 2.75) is 47.5 Å². The standard InChI is InChI=1S/C10H23N.C2H6/c1-6-9(3)10(7-2)8-11(4)5;1-2/h9-10H,6-8H2,1-5H3;1-2H3. The molecule has 0 amide bonds. The van der Waals surface area contributed by atoms with Crippen LogP contribution in [0.15, 0.2) is 0 Å². The first-order valence-electron chi connectivity index (χ1n) is 5.76. The van der Waals surface area contributed by atoms with Crippen molar-refractivity contribution in [3.05, 3.63) is 0 Å². The SMILES string of the molecule is CC.CCC(C)C(CC)CN(C)C. The van der Waals surface area contributed by atoms with E-state index in [0.29, 0.717) is 0 Å². The molecule has 0 rings (SSSR count). The highest BCUT2D eigenvalue weighted by atomic mass is 15.1. The van der Waals surface area contributed by atoms with E-state index in [0.717, 1.165) is 11.8 Å². The second-order valence-corrected chi connectivity index (χ2v) is 3.82. The second kappa shape index (κ2) is 10.0. The summed E-state index contributed by atoms with van der Waals surface area (Å²) < 4.78 is 0. The fourth-order valence-corrected chi connectivity index (χ4v) is 1.51. The van der Waals surface area contributed by atoms with E-state index < -0.39 is 0 Å². The van der Waals surface area contributed by atoms with Gasteiger partial charge in [-0.25, -0.2) is 0 Å². The molecule has 2 atom stereocenters. The van der Waals surface area contributed by atoms with Crippen LogP contribution in [0.3, 0.4) is 0 Å². The van der Waals surface area contributed by atoms with Crippen molar-refractivity contribution in [3.8, 4) is 0 Å². The zero-order valence-corrected chi connectivity index (χ0v) is 10.7. The Morgan fingerprint density at radius 2 is 1.46 bits per heavy atom. The maximum absolute atomic E-state index is 2.36. The number of rotatable bonds is 5. The van der Waals surface area contributed by atoms with Crippen LogP contribution >= 0.6 is 0 Å². The minimum Gasteiger partial charge on any atom is -0.309 e. The van der Waals surface area contributed by atoms with Crippen molar-refractivity contribution < 1.29 is 0 Å². The Bertz CT molecular complexity index is 89.1. The Labute approximate surface area is 85.5 Å². The molecule has 0 aromatic heterocycles. The van der Waals surface area contributed by atoms with Crippen molar-refractivity contribution in [2.24, 2.45) is 11.8 Å². The maximum Gasteiger partial charge on any atom is 0.000600 e. The Balaban J connectivity index is 0. The van der Waals surface area contributed by atoms with Crippen LogP contribution < -0.4 is 0 Å². The fraction of sp³-hybridized carbons (Fsp3) is 1.00. The van der Waals surface area contributed by atoms with Gasteiger partial charge in [-0.15, -0.1) is 0 Å². The lowest BCUT2D eigenvalue weighted by Gasteiger charge is -2.24. The quantitative estimate of drug-likeness (QED) is 0.635. The second-order valence-electron chi connectivity index (χ2n) is 3.82. The minimum absolute atomic E-state index is 0.877. The molecule has 0 spiro atoms. The molecule has 0 aliphatic rings. The Kier molecular flexibility index (Phi) is 11.9. The molecule has 2 unspecified atom stereocenters. The third-order valence-corrected chi connectivity index (χ3v) is 2.57. The van der Waals surface area contributed by atoms with Crippen molar-refractivity contribution in [1.29, 1.82) is 0 Å². The highest BCUT2D eigenvalue weighted by Crippen LogP contribution is 2.18. The highest BCUT2D eigenvalue weighted by Gasteiger charge is 2.13. The summed E-state index contributed by atoms with van der Waals surface area (Å²) in [4.78, 5) is 2.29. The van der Waals surface area contributed by atoms with Gasteiger partial charge < -0.3 is 4.90 Å². The zero-order chi connectivity index (χ0) is 10.9. The van der Waals surface area contributed by atoms with Crippen LogP contribution in [0, 0.1) is 11.8 Å². The van der Waals surface area contributed by atoms with Crippen molar-refractivity contribution in [3.63, 3.8) is 0 Å². The van der Waals surface area contributed by atoms with E-state index in [4.69, 9.17) is 0 Å². The Morgan fingerprint density at radius 1 is 1.00 bits per heavy atom. The van der Waals surface area contributed by atoms with Crippen LogP contribution in [0.4, 0.5) is 0 Å². The summed E-state index contributed by atoms with van der Waals surface area (Å²) in [6, 6.07) is 0. The average molecular weight is 187 g/mol. The molecule has 0 aromatic carbocycles. The van der Waals surface area contributed by atoms with Crippen molar-refractivity contribution in [2.75, 3.05) is 20.6 Å². The zero-order valence-electron chi connectivity index (χ0n) is 10.7. The first-order chi connectivity index (χ1) is 6.11. The van der Waals surface area contributed by atoms with Gasteiger partial charge in [0.2, 0.25) is 0 Å². The average Bonchev–Trinajstić information content (AvgIpc) is 2.16. The van der Waals surface area contributed by atoms with E-state index >= 15 is 0 Å². The van der Waals surface area contributed by atoms with Gasteiger partial charge in [0.15, 0.2) is 0 Å². The molecule has 82 valence electrons. The highest BCUT2D eigenvalue weighted by molar-refractivity contribution is 4.65. The van der Waals surface area contributed by atoms with Crippen molar-refractivity contribution >= 4 is 0 Å². The van der Waals surface area contributed by atoms with E-state index in [9.17, 15) is 0 Å². The lowest BCUT2D eigenvalue weighted by atomic mass is 9.89. The summed E-state index contributed by atoms with van der Waals surface area (Å²) in [6.07, 6.45) is 2.62. The minimum atomic E-state index is 0.877. The summed E-state index contributed by atoms with van der Waals surface area (Å²) in [6.45, 7) is 12.2. The first kappa shape index (κ1) is 15.4. The topological polar surface area (TPSA) is 3.24 Å². The molecule has 0 aromatic rings. The van der Waals surface area contributed by atoms with Crippen LogP contribution in [0.1, 0.15) is 47.5 Å². The normalized spacial score (nSPS) is 14.8. The molecular weight excluding hydrogens is 158 g/mol. The van der Waals surface area contributed by atoms with Gasteiger partial charge in [0.25, 0.3) is 0 Å². The van der Waals surface area contributed by atoms with E-state index in [1.165, 1.54) is 19.4 Å². The van der Waals surface area contributed by atoms with Crippen LogP contribution in [-0.4, -0.2) is 25.5 Å². The third kappa shape index (κ3) is 8.29. The van der Waals surface area contributed by atoms with Gasteiger partial charge in [0.1, 0.15) is 0 Å². The van der Waals surface area contributed by atoms with Crippen LogP contribution in [0.2, 0.25) is 0 Å². The van der Waals surface area contributed by atoms with Gasteiger partial charge in [0, 0.05) is 6.54 Å². The van der Waals surface area contributed by atoms with Crippen LogP contribution in [-0.2, 0) is 0 Å². The van der Waals surface area contributed by atoms with Crippen LogP contribution in [0.5, 0.6) is 0 Å². The Hall–Kier alpha value is -0.0400. The summed E-state index contributed by atoms with van der Waals surface area (Å²) >= 11 is 0. The molecule has 0 saturated heterocycles. The largest absolute Gasteiger partial charge is 0.309 e. The summed E-state index contributed by atoms with van der Waals surface area (Å²) in [5.74, 6) is 1.76. The predicted molar refractivity (Wildman–Crippen MR) is 63.1 cm³/mol.